The summed E-state index contributed by atoms with van der Waals surface area (Å²) in [5.41, 5.74) is 0.370. The van der Waals surface area contributed by atoms with Crippen LogP contribution in [0.4, 0.5) is 10.1 Å². The zero-order valence-electron chi connectivity index (χ0n) is 11.5. The zero-order chi connectivity index (χ0) is 13.8. The number of carbonyl (C=O) groups is 1. The largest absolute Gasteiger partial charge is 0.309 e. The molecular formula is C15H21FN2O. The maximum atomic E-state index is 13.8. The molecule has 104 valence electrons. The maximum absolute atomic E-state index is 13.8. The lowest BCUT2D eigenvalue weighted by atomic mass is 9.98. The highest BCUT2D eigenvalue weighted by Gasteiger charge is 2.29. The number of hydrogen-bond acceptors (Lipinski definition) is 2. The molecule has 0 aliphatic carbocycles. The lowest BCUT2D eigenvalue weighted by molar-refractivity contribution is -0.121. The van der Waals surface area contributed by atoms with Crippen molar-refractivity contribution >= 4 is 11.6 Å². The van der Waals surface area contributed by atoms with Crippen molar-refractivity contribution in [3.05, 3.63) is 30.1 Å². The molecule has 1 saturated heterocycles. The Morgan fingerprint density at radius 2 is 2.16 bits per heavy atom. The SMILES string of the molecule is CCN(C(=O)C1CCCC(C)N1)c1ccccc1F. The third kappa shape index (κ3) is 3.13. The summed E-state index contributed by atoms with van der Waals surface area (Å²) in [6.07, 6.45) is 2.96. The van der Waals surface area contributed by atoms with Crippen LogP contribution in [0, 0.1) is 5.82 Å². The van der Waals surface area contributed by atoms with Crippen LogP contribution >= 0.6 is 0 Å². The summed E-state index contributed by atoms with van der Waals surface area (Å²) in [4.78, 5) is 14.1. The van der Waals surface area contributed by atoms with E-state index in [0.29, 0.717) is 18.3 Å². The van der Waals surface area contributed by atoms with Crippen LogP contribution in [0.3, 0.4) is 0 Å². The predicted octanol–water partition coefficient (Wildman–Crippen LogP) is 2.71. The molecule has 19 heavy (non-hydrogen) atoms. The third-order valence-corrected chi connectivity index (χ3v) is 3.64. The van der Waals surface area contributed by atoms with E-state index in [0.717, 1.165) is 19.3 Å². The second kappa shape index (κ2) is 6.15. The number of nitrogens with one attached hydrogen (secondary N) is 1. The Balaban J connectivity index is 2.17. The first-order chi connectivity index (χ1) is 9.13. The molecule has 1 N–H and O–H groups in total. The van der Waals surface area contributed by atoms with Crippen LogP contribution in [0.25, 0.3) is 0 Å². The van der Waals surface area contributed by atoms with Gasteiger partial charge in [0.05, 0.1) is 11.7 Å². The Morgan fingerprint density at radius 3 is 2.79 bits per heavy atom. The molecule has 4 heteroatoms. The number of anilines is 1. The van der Waals surface area contributed by atoms with Crippen molar-refractivity contribution in [2.45, 2.75) is 45.2 Å². The first-order valence-electron chi connectivity index (χ1n) is 6.95. The van der Waals surface area contributed by atoms with Gasteiger partial charge in [0.2, 0.25) is 5.91 Å². The van der Waals surface area contributed by atoms with Crippen LogP contribution in [-0.2, 0) is 4.79 Å². The maximum Gasteiger partial charge on any atom is 0.244 e. The molecule has 2 unspecified atom stereocenters. The second-order valence-electron chi connectivity index (χ2n) is 5.09. The lowest BCUT2D eigenvalue weighted by Crippen LogP contribution is -2.51. The number of rotatable bonds is 3. The van der Waals surface area contributed by atoms with E-state index in [1.807, 2.05) is 6.92 Å². The van der Waals surface area contributed by atoms with E-state index in [4.69, 9.17) is 0 Å². The van der Waals surface area contributed by atoms with E-state index in [1.165, 1.54) is 11.0 Å². The standard InChI is InChI=1S/C15H21FN2O/c1-3-18(14-10-5-4-8-12(14)16)15(19)13-9-6-7-11(2)17-13/h4-5,8,10-11,13,17H,3,6-7,9H2,1-2H3. The third-order valence-electron chi connectivity index (χ3n) is 3.64. The van der Waals surface area contributed by atoms with Gasteiger partial charge in [0, 0.05) is 12.6 Å². The Labute approximate surface area is 113 Å². The first kappa shape index (κ1) is 14.0. The van der Waals surface area contributed by atoms with Gasteiger partial charge in [0.1, 0.15) is 5.82 Å². The number of para-hydroxylation sites is 1. The Kier molecular flexibility index (Phi) is 4.53. The van der Waals surface area contributed by atoms with Gasteiger partial charge in [-0.05, 0) is 45.2 Å². The van der Waals surface area contributed by atoms with Crippen LogP contribution in [-0.4, -0.2) is 24.5 Å². The number of halogens is 1. The molecule has 1 aromatic rings. The van der Waals surface area contributed by atoms with Gasteiger partial charge in [-0.1, -0.05) is 12.1 Å². The van der Waals surface area contributed by atoms with Crippen molar-refractivity contribution in [2.24, 2.45) is 0 Å². The van der Waals surface area contributed by atoms with Gasteiger partial charge in [-0.3, -0.25) is 4.79 Å². The fourth-order valence-electron chi connectivity index (χ4n) is 2.64. The van der Waals surface area contributed by atoms with E-state index in [-0.39, 0.29) is 17.8 Å². The summed E-state index contributed by atoms with van der Waals surface area (Å²) >= 11 is 0. The molecular weight excluding hydrogens is 243 g/mol. The molecule has 0 radical (unpaired) electrons. The van der Waals surface area contributed by atoms with Crippen molar-refractivity contribution in [3.8, 4) is 0 Å². The Bertz CT molecular complexity index is 450. The molecule has 2 atom stereocenters. The van der Waals surface area contributed by atoms with Crippen molar-refractivity contribution < 1.29 is 9.18 Å². The van der Waals surface area contributed by atoms with Gasteiger partial charge >= 0.3 is 0 Å². The molecule has 0 bridgehead atoms. The summed E-state index contributed by atoms with van der Waals surface area (Å²) in [5.74, 6) is -0.374. The minimum atomic E-state index is -0.346. The van der Waals surface area contributed by atoms with E-state index >= 15 is 0 Å². The Morgan fingerprint density at radius 1 is 1.42 bits per heavy atom. The normalized spacial score (nSPS) is 23.1. The van der Waals surface area contributed by atoms with Crippen LogP contribution in [0.2, 0.25) is 0 Å². The molecule has 1 amide bonds. The van der Waals surface area contributed by atoms with Crippen molar-refractivity contribution in [2.75, 3.05) is 11.4 Å². The number of nitrogens with zero attached hydrogens (tertiary/aromatic N) is 1. The van der Waals surface area contributed by atoms with Gasteiger partial charge in [0.25, 0.3) is 0 Å². The molecule has 1 aromatic carbocycles. The molecule has 0 saturated carbocycles. The molecule has 2 rings (SSSR count). The van der Waals surface area contributed by atoms with Crippen LogP contribution in [0.5, 0.6) is 0 Å². The minimum absolute atomic E-state index is 0.0286. The fraction of sp³-hybridized carbons (Fsp3) is 0.533. The number of carbonyl (C=O) groups excluding carboxylic acids is 1. The van der Waals surface area contributed by atoms with Gasteiger partial charge in [0.15, 0.2) is 0 Å². The lowest BCUT2D eigenvalue weighted by Gasteiger charge is -2.32. The molecule has 3 nitrogen and oxygen atoms in total. The molecule has 0 aromatic heterocycles. The second-order valence-corrected chi connectivity index (χ2v) is 5.09. The number of hydrogen-bond donors (Lipinski definition) is 1. The highest BCUT2D eigenvalue weighted by Crippen LogP contribution is 2.22. The Hall–Kier alpha value is -1.42. The van der Waals surface area contributed by atoms with E-state index in [2.05, 4.69) is 12.2 Å². The average Bonchev–Trinajstić information content (AvgIpc) is 2.41. The van der Waals surface area contributed by atoms with Gasteiger partial charge in [-0.25, -0.2) is 4.39 Å². The molecule has 1 aliphatic heterocycles. The van der Waals surface area contributed by atoms with Crippen LogP contribution in [0.15, 0.2) is 24.3 Å². The number of amides is 1. The van der Waals surface area contributed by atoms with E-state index < -0.39 is 0 Å². The molecule has 0 spiro atoms. The van der Waals surface area contributed by atoms with Crippen LogP contribution < -0.4 is 10.2 Å². The highest BCUT2D eigenvalue weighted by atomic mass is 19.1. The minimum Gasteiger partial charge on any atom is -0.309 e. The first-order valence-corrected chi connectivity index (χ1v) is 6.95. The summed E-state index contributed by atoms with van der Waals surface area (Å²) in [6, 6.07) is 6.60. The van der Waals surface area contributed by atoms with Crippen LogP contribution in [0.1, 0.15) is 33.1 Å². The number of benzene rings is 1. The monoisotopic (exact) mass is 264 g/mol. The van der Waals surface area contributed by atoms with Crippen molar-refractivity contribution in [3.63, 3.8) is 0 Å². The predicted molar refractivity (Wildman–Crippen MR) is 74.7 cm³/mol. The van der Waals surface area contributed by atoms with Crippen molar-refractivity contribution in [1.29, 1.82) is 0 Å². The molecule has 1 aliphatic rings. The summed E-state index contributed by atoms with van der Waals surface area (Å²) in [7, 11) is 0. The smallest absolute Gasteiger partial charge is 0.244 e. The quantitative estimate of drug-likeness (QED) is 0.910. The van der Waals surface area contributed by atoms with Crippen molar-refractivity contribution in [1.82, 2.24) is 5.32 Å². The summed E-state index contributed by atoms with van der Waals surface area (Å²) in [6.45, 7) is 4.43. The molecule has 1 heterocycles. The topological polar surface area (TPSA) is 32.3 Å². The molecule has 1 fully saturated rings. The summed E-state index contributed by atoms with van der Waals surface area (Å²) < 4.78 is 13.8. The number of piperidine rings is 1. The average molecular weight is 264 g/mol. The highest BCUT2D eigenvalue weighted by molar-refractivity contribution is 5.97. The van der Waals surface area contributed by atoms with Gasteiger partial charge < -0.3 is 10.2 Å². The fourth-order valence-corrected chi connectivity index (χ4v) is 2.64. The summed E-state index contributed by atoms with van der Waals surface area (Å²) in [5, 5.41) is 3.31. The number of likely N-dealkylation sites (N-methyl/N-ethyl adjacent to an activating group) is 1. The van der Waals surface area contributed by atoms with E-state index in [1.54, 1.807) is 18.2 Å². The van der Waals surface area contributed by atoms with Gasteiger partial charge in [-0.2, -0.15) is 0 Å². The van der Waals surface area contributed by atoms with E-state index in [9.17, 15) is 9.18 Å². The van der Waals surface area contributed by atoms with Gasteiger partial charge in [-0.15, -0.1) is 0 Å². The zero-order valence-corrected chi connectivity index (χ0v) is 11.5.